The minimum absolute atomic E-state index is 0.00115. The number of hydrogen-bond donors (Lipinski definition) is 2. The number of amides is 1. The van der Waals surface area contributed by atoms with Gasteiger partial charge in [0.1, 0.15) is 0 Å². The van der Waals surface area contributed by atoms with Crippen molar-refractivity contribution in [1.82, 2.24) is 5.32 Å². The number of hydrogen-bond acceptors (Lipinski definition) is 3. The van der Waals surface area contributed by atoms with Gasteiger partial charge in [0.05, 0.1) is 18.9 Å². The molecule has 1 aliphatic rings. The molecule has 5 nitrogen and oxygen atoms in total. The van der Waals surface area contributed by atoms with Gasteiger partial charge in [-0.1, -0.05) is 13.8 Å². The summed E-state index contributed by atoms with van der Waals surface area (Å²) in [4.78, 5) is 22.8. The van der Waals surface area contributed by atoms with E-state index in [4.69, 9.17) is 9.84 Å². The van der Waals surface area contributed by atoms with Crippen molar-refractivity contribution in [2.75, 3.05) is 6.61 Å². The van der Waals surface area contributed by atoms with Crippen molar-refractivity contribution in [2.24, 2.45) is 0 Å². The Bertz CT molecular complexity index is 293. The summed E-state index contributed by atoms with van der Waals surface area (Å²) in [6.07, 6.45) is 3.46. The summed E-state index contributed by atoms with van der Waals surface area (Å²) in [7, 11) is 0. The van der Waals surface area contributed by atoms with Crippen LogP contribution in [0.4, 0.5) is 0 Å². The van der Waals surface area contributed by atoms with Crippen LogP contribution in [0.1, 0.15) is 52.4 Å². The van der Waals surface area contributed by atoms with Gasteiger partial charge in [-0.25, -0.2) is 0 Å². The average Bonchev–Trinajstić information content (AvgIpc) is 2.80. The number of carboxylic acid groups (broad SMARTS) is 1. The highest BCUT2D eigenvalue weighted by molar-refractivity contribution is 5.78. The van der Waals surface area contributed by atoms with Crippen molar-refractivity contribution in [2.45, 2.75) is 64.0 Å². The number of carbonyl (C=O) groups is 2. The monoisotopic (exact) mass is 257 g/mol. The first-order chi connectivity index (χ1) is 8.51. The van der Waals surface area contributed by atoms with Crippen molar-refractivity contribution < 1.29 is 19.4 Å². The van der Waals surface area contributed by atoms with Crippen LogP contribution in [0.5, 0.6) is 0 Å². The lowest BCUT2D eigenvalue weighted by Crippen LogP contribution is -2.49. The highest BCUT2D eigenvalue weighted by atomic mass is 16.5. The van der Waals surface area contributed by atoms with Gasteiger partial charge < -0.3 is 15.2 Å². The second-order valence-corrected chi connectivity index (χ2v) is 4.95. The van der Waals surface area contributed by atoms with Crippen LogP contribution in [0.3, 0.4) is 0 Å². The van der Waals surface area contributed by atoms with Gasteiger partial charge in [0, 0.05) is 12.1 Å². The molecule has 18 heavy (non-hydrogen) atoms. The zero-order valence-electron chi connectivity index (χ0n) is 11.2. The van der Waals surface area contributed by atoms with E-state index in [1.807, 2.05) is 13.8 Å². The molecule has 0 spiro atoms. The molecule has 0 aromatic heterocycles. The van der Waals surface area contributed by atoms with Gasteiger partial charge in [-0.15, -0.1) is 0 Å². The topological polar surface area (TPSA) is 75.6 Å². The molecule has 1 saturated heterocycles. The zero-order valence-corrected chi connectivity index (χ0v) is 11.2. The van der Waals surface area contributed by atoms with Crippen LogP contribution in [-0.2, 0) is 14.3 Å². The van der Waals surface area contributed by atoms with Gasteiger partial charge in [0.15, 0.2) is 0 Å². The van der Waals surface area contributed by atoms with Crippen molar-refractivity contribution in [3.8, 4) is 0 Å². The number of aliphatic carboxylic acids is 1. The van der Waals surface area contributed by atoms with Crippen LogP contribution in [0.25, 0.3) is 0 Å². The van der Waals surface area contributed by atoms with E-state index in [1.54, 1.807) is 0 Å². The molecule has 1 unspecified atom stereocenters. The summed E-state index contributed by atoms with van der Waals surface area (Å²) in [5.41, 5.74) is -0.623. The van der Waals surface area contributed by atoms with E-state index in [0.29, 0.717) is 19.3 Å². The quantitative estimate of drug-likeness (QED) is 0.728. The average molecular weight is 257 g/mol. The molecule has 5 heteroatoms. The van der Waals surface area contributed by atoms with E-state index in [1.165, 1.54) is 0 Å². The lowest BCUT2D eigenvalue weighted by molar-refractivity contribution is -0.139. The minimum Gasteiger partial charge on any atom is -0.481 e. The predicted molar refractivity (Wildman–Crippen MR) is 67.3 cm³/mol. The van der Waals surface area contributed by atoms with E-state index in [0.717, 1.165) is 19.4 Å². The maximum absolute atomic E-state index is 11.9. The van der Waals surface area contributed by atoms with E-state index in [9.17, 15) is 9.59 Å². The largest absolute Gasteiger partial charge is 0.481 e. The van der Waals surface area contributed by atoms with E-state index in [2.05, 4.69) is 5.32 Å². The molecule has 104 valence electrons. The Kier molecular flexibility index (Phi) is 5.59. The molecule has 0 aromatic carbocycles. The van der Waals surface area contributed by atoms with Crippen molar-refractivity contribution in [3.63, 3.8) is 0 Å². The van der Waals surface area contributed by atoms with Gasteiger partial charge in [-0.05, 0) is 25.7 Å². The zero-order chi connectivity index (χ0) is 13.6. The summed E-state index contributed by atoms with van der Waals surface area (Å²) < 4.78 is 5.41. The molecule has 0 bridgehead atoms. The number of rotatable bonds is 7. The highest BCUT2D eigenvalue weighted by Gasteiger charge is 2.32. The third kappa shape index (κ3) is 4.29. The molecular formula is C13H23NO4. The Balaban J connectivity index is 2.53. The van der Waals surface area contributed by atoms with Crippen LogP contribution in [0.2, 0.25) is 0 Å². The number of carbonyl (C=O) groups excluding carboxylic acids is 1. The molecule has 0 radical (unpaired) electrons. The molecule has 1 rings (SSSR count). The summed E-state index contributed by atoms with van der Waals surface area (Å²) >= 11 is 0. The fourth-order valence-electron chi connectivity index (χ4n) is 2.37. The van der Waals surface area contributed by atoms with Gasteiger partial charge in [0.25, 0.3) is 0 Å². The van der Waals surface area contributed by atoms with Crippen molar-refractivity contribution >= 4 is 11.9 Å². The second-order valence-electron chi connectivity index (χ2n) is 4.95. The summed E-state index contributed by atoms with van der Waals surface area (Å²) in [6.45, 7) is 4.53. The summed E-state index contributed by atoms with van der Waals surface area (Å²) in [6, 6.07) is 0. The molecule has 0 aromatic rings. The molecule has 2 N–H and O–H groups in total. The molecule has 1 heterocycles. The normalized spacial score (nSPS) is 19.8. The molecule has 1 amide bonds. The number of nitrogens with one attached hydrogen (secondary N) is 1. The first-order valence-corrected chi connectivity index (χ1v) is 6.65. The maximum atomic E-state index is 11.9. The van der Waals surface area contributed by atoms with Crippen LogP contribution in [0, 0.1) is 0 Å². The van der Waals surface area contributed by atoms with Gasteiger partial charge in [-0.3, -0.25) is 9.59 Å². The molecule has 0 saturated carbocycles. The van der Waals surface area contributed by atoms with E-state index in [-0.39, 0.29) is 18.4 Å². The summed E-state index contributed by atoms with van der Waals surface area (Å²) in [5, 5.41) is 11.8. The number of ether oxygens (including phenoxy) is 1. The number of carboxylic acids is 1. The third-order valence-electron chi connectivity index (χ3n) is 3.68. The van der Waals surface area contributed by atoms with E-state index < -0.39 is 11.5 Å². The Morgan fingerprint density at radius 3 is 2.50 bits per heavy atom. The standard InChI is InChI=1S/C13H23NO4/c1-3-13(4-2,9-12(16)17)14-11(15)8-10-6-5-7-18-10/h10H,3-9H2,1-2H3,(H,14,15)(H,16,17). The molecule has 1 aliphatic heterocycles. The Morgan fingerprint density at radius 1 is 1.39 bits per heavy atom. The Morgan fingerprint density at radius 2 is 2.06 bits per heavy atom. The van der Waals surface area contributed by atoms with Crippen molar-refractivity contribution in [1.29, 1.82) is 0 Å². The highest BCUT2D eigenvalue weighted by Crippen LogP contribution is 2.21. The van der Waals surface area contributed by atoms with Gasteiger partial charge >= 0.3 is 5.97 Å². The Labute approximate surface area is 108 Å². The van der Waals surface area contributed by atoms with Crippen LogP contribution < -0.4 is 5.32 Å². The summed E-state index contributed by atoms with van der Waals surface area (Å²) in [5.74, 6) is -0.983. The van der Waals surface area contributed by atoms with E-state index >= 15 is 0 Å². The molecule has 0 aliphatic carbocycles. The fourth-order valence-corrected chi connectivity index (χ4v) is 2.37. The fraction of sp³-hybridized carbons (Fsp3) is 0.846. The van der Waals surface area contributed by atoms with Crippen LogP contribution in [-0.4, -0.2) is 35.2 Å². The van der Waals surface area contributed by atoms with Crippen LogP contribution >= 0.6 is 0 Å². The van der Waals surface area contributed by atoms with Gasteiger partial charge in [-0.2, -0.15) is 0 Å². The molecule has 1 atom stereocenters. The smallest absolute Gasteiger partial charge is 0.305 e. The van der Waals surface area contributed by atoms with Crippen LogP contribution in [0.15, 0.2) is 0 Å². The lowest BCUT2D eigenvalue weighted by atomic mass is 9.88. The lowest BCUT2D eigenvalue weighted by Gasteiger charge is -2.31. The predicted octanol–water partition coefficient (Wildman–Crippen LogP) is 1.71. The molecule has 1 fully saturated rings. The third-order valence-corrected chi connectivity index (χ3v) is 3.68. The first-order valence-electron chi connectivity index (χ1n) is 6.65. The molecular weight excluding hydrogens is 234 g/mol. The first kappa shape index (κ1) is 15.0. The van der Waals surface area contributed by atoms with Gasteiger partial charge in [0.2, 0.25) is 5.91 Å². The maximum Gasteiger partial charge on any atom is 0.305 e. The Hall–Kier alpha value is -1.10. The van der Waals surface area contributed by atoms with Crippen molar-refractivity contribution in [3.05, 3.63) is 0 Å². The SMILES string of the molecule is CCC(CC)(CC(=O)O)NC(=O)CC1CCCO1. The minimum atomic E-state index is -0.879. The second kappa shape index (κ2) is 6.73.